The Morgan fingerprint density at radius 3 is 2.46 bits per heavy atom. The number of thiazole rings is 1. The lowest BCUT2D eigenvalue weighted by molar-refractivity contribution is -0.130. The van der Waals surface area contributed by atoms with E-state index in [-0.39, 0.29) is 5.91 Å². The predicted octanol–water partition coefficient (Wildman–Crippen LogP) is 4.42. The summed E-state index contributed by atoms with van der Waals surface area (Å²) in [7, 11) is 0. The van der Waals surface area contributed by atoms with Gasteiger partial charge in [0.05, 0.1) is 16.6 Å². The molecule has 2 aromatic carbocycles. The van der Waals surface area contributed by atoms with Crippen molar-refractivity contribution in [2.24, 2.45) is 0 Å². The molecule has 4 nitrogen and oxygen atoms in total. The van der Waals surface area contributed by atoms with Crippen molar-refractivity contribution in [3.05, 3.63) is 58.1 Å². The van der Waals surface area contributed by atoms with Gasteiger partial charge < -0.3 is 9.80 Å². The first kappa shape index (κ1) is 18.9. The summed E-state index contributed by atoms with van der Waals surface area (Å²) in [6.07, 6.45) is 0.492. The number of carbonyl (C=O) groups is 1. The lowest BCUT2D eigenvalue weighted by atomic mass is 10.0. The molecule has 4 rings (SSSR count). The minimum absolute atomic E-state index is 0.224. The zero-order chi connectivity index (χ0) is 19.8. The molecular formula is C23H27N3OS. The fourth-order valence-electron chi connectivity index (χ4n) is 3.82. The molecule has 1 aliphatic rings. The molecule has 0 spiro atoms. The van der Waals surface area contributed by atoms with Gasteiger partial charge in [-0.1, -0.05) is 41.2 Å². The van der Waals surface area contributed by atoms with Crippen LogP contribution in [0.5, 0.6) is 0 Å². The van der Waals surface area contributed by atoms with Crippen molar-refractivity contribution < 1.29 is 4.79 Å². The quantitative estimate of drug-likeness (QED) is 0.661. The molecule has 0 bridgehead atoms. The fourth-order valence-corrected chi connectivity index (χ4v) is 4.89. The Labute approximate surface area is 170 Å². The number of carbonyl (C=O) groups excluding carboxylic acids is 1. The van der Waals surface area contributed by atoms with Crippen LogP contribution in [0.1, 0.15) is 27.8 Å². The van der Waals surface area contributed by atoms with Gasteiger partial charge in [0.15, 0.2) is 5.13 Å². The Hall–Kier alpha value is -2.40. The summed E-state index contributed by atoms with van der Waals surface area (Å²) in [5, 5.41) is 1.07. The number of aromatic nitrogens is 1. The maximum Gasteiger partial charge on any atom is 0.227 e. The fraction of sp³-hybridized carbons (Fsp3) is 0.391. The van der Waals surface area contributed by atoms with Crippen molar-refractivity contribution in [2.45, 2.75) is 34.1 Å². The Bertz CT molecular complexity index is 1030. The second-order valence-corrected chi connectivity index (χ2v) is 8.83. The van der Waals surface area contributed by atoms with E-state index < -0.39 is 0 Å². The summed E-state index contributed by atoms with van der Waals surface area (Å²) in [6, 6.07) is 10.7. The molecule has 1 aliphatic heterocycles. The van der Waals surface area contributed by atoms with Crippen LogP contribution >= 0.6 is 11.3 Å². The maximum absolute atomic E-state index is 12.8. The summed E-state index contributed by atoms with van der Waals surface area (Å²) in [5.74, 6) is 0.224. The number of piperazine rings is 1. The number of nitrogens with zero attached hydrogens (tertiary/aromatic N) is 3. The number of anilines is 1. The highest BCUT2D eigenvalue weighted by Gasteiger charge is 2.23. The van der Waals surface area contributed by atoms with E-state index in [1.807, 2.05) is 4.90 Å². The SMILES string of the molecule is Cc1ccc(CC(=O)N2CCN(c3nc4c(C)c(C)ccc4s3)CC2)c(C)c1. The smallest absolute Gasteiger partial charge is 0.227 e. The van der Waals surface area contributed by atoms with Gasteiger partial charge in [-0.25, -0.2) is 4.98 Å². The zero-order valence-electron chi connectivity index (χ0n) is 17.1. The number of hydrogen-bond donors (Lipinski definition) is 0. The number of amides is 1. The topological polar surface area (TPSA) is 36.4 Å². The summed E-state index contributed by atoms with van der Waals surface area (Å²) >= 11 is 1.75. The van der Waals surface area contributed by atoms with Gasteiger partial charge in [0.1, 0.15) is 0 Å². The highest BCUT2D eigenvalue weighted by Crippen LogP contribution is 2.32. The maximum atomic E-state index is 12.8. The van der Waals surface area contributed by atoms with Crippen LogP contribution < -0.4 is 4.90 Å². The number of rotatable bonds is 3. The van der Waals surface area contributed by atoms with E-state index in [4.69, 9.17) is 4.98 Å². The lowest BCUT2D eigenvalue weighted by Crippen LogP contribution is -2.49. The van der Waals surface area contributed by atoms with Crippen molar-refractivity contribution in [3.63, 3.8) is 0 Å². The van der Waals surface area contributed by atoms with Gasteiger partial charge in [-0.2, -0.15) is 0 Å². The number of hydrogen-bond acceptors (Lipinski definition) is 4. The van der Waals surface area contributed by atoms with E-state index in [0.29, 0.717) is 6.42 Å². The zero-order valence-corrected chi connectivity index (χ0v) is 17.9. The van der Waals surface area contributed by atoms with Crippen molar-refractivity contribution in [3.8, 4) is 0 Å². The Kier molecular flexibility index (Phi) is 5.11. The molecule has 146 valence electrons. The van der Waals surface area contributed by atoms with Gasteiger partial charge in [0.2, 0.25) is 5.91 Å². The molecule has 1 fully saturated rings. The number of benzene rings is 2. The second-order valence-electron chi connectivity index (χ2n) is 7.83. The second kappa shape index (κ2) is 7.55. The molecule has 0 aliphatic carbocycles. The van der Waals surface area contributed by atoms with Gasteiger partial charge in [-0.3, -0.25) is 4.79 Å². The van der Waals surface area contributed by atoms with E-state index in [2.05, 4.69) is 62.9 Å². The van der Waals surface area contributed by atoms with E-state index in [0.717, 1.165) is 42.4 Å². The first-order chi connectivity index (χ1) is 13.4. The van der Waals surface area contributed by atoms with Gasteiger partial charge in [0, 0.05) is 26.2 Å². The largest absolute Gasteiger partial charge is 0.345 e. The van der Waals surface area contributed by atoms with Gasteiger partial charge >= 0.3 is 0 Å². The molecule has 0 saturated carbocycles. The first-order valence-electron chi connectivity index (χ1n) is 9.88. The van der Waals surface area contributed by atoms with Crippen LogP contribution in [0.25, 0.3) is 10.2 Å². The van der Waals surface area contributed by atoms with E-state index in [9.17, 15) is 4.79 Å². The monoisotopic (exact) mass is 393 g/mol. The van der Waals surface area contributed by atoms with Crippen molar-refractivity contribution in [1.82, 2.24) is 9.88 Å². The molecule has 0 unspecified atom stereocenters. The Morgan fingerprint density at radius 2 is 1.75 bits per heavy atom. The highest BCUT2D eigenvalue weighted by atomic mass is 32.1. The Balaban J connectivity index is 1.41. The third-order valence-electron chi connectivity index (χ3n) is 5.82. The minimum atomic E-state index is 0.224. The summed E-state index contributed by atoms with van der Waals surface area (Å²) in [5.41, 5.74) is 7.24. The predicted molar refractivity (Wildman–Crippen MR) is 118 cm³/mol. The average molecular weight is 394 g/mol. The molecule has 0 radical (unpaired) electrons. The summed E-state index contributed by atoms with van der Waals surface area (Å²) in [4.78, 5) is 22.0. The molecule has 5 heteroatoms. The third kappa shape index (κ3) is 3.63. The van der Waals surface area contributed by atoms with E-state index >= 15 is 0 Å². The lowest BCUT2D eigenvalue weighted by Gasteiger charge is -2.34. The first-order valence-corrected chi connectivity index (χ1v) is 10.7. The molecule has 1 amide bonds. The van der Waals surface area contributed by atoms with Gasteiger partial charge in [-0.05, 0) is 56.0 Å². The number of fused-ring (bicyclic) bond motifs is 1. The third-order valence-corrected chi connectivity index (χ3v) is 6.90. The van der Waals surface area contributed by atoms with Crippen LogP contribution in [0.2, 0.25) is 0 Å². The van der Waals surface area contributed by atoms with E-state index in [1.165, 1.54) is 27.0 Å². The molecule has 2 heterocycles. The van der Waals surface area contributed by atoms with Crippen LogP contribution in [-0.2, 0) is 11.2 Å². The van der Waals surface area contributed by atoms with Crippen LogP contribution in [0, 0.1) is 27.7 Å². The molecule has 3 aromatic rings. The molecule has 28 heavy (non-hydrogen) atoms. The van der Waals surface area contributed by atoms with E-state index in [1.54, 1.807) is 11.3 Å². The average Bonchev–Trinajstić information content (AvgIpc) is 3.12. The van der Waals surface area contributed by atoms with Crippen LogP contribution in [0.3, 0.4) is 0 Å². The molecule has 1 saturated heterocycles. The summed E-state index contributed by atoms with van der Waals surface area (Å²) < 4.78 is 1.24. The normalized spacial score (nSPS) is 14.7. The van der Waals surface area contributed by atoms with Crippen molar-refractivity contribution >= 4 is 32.6 Å². The molecule has 0 N–H and O–H groups in total. The van der Waals surface area contributed by atoms with Crippen LogP contribution in [-0.4, -0.2) is 42.0 Å². The van der Waals surface area contributed by atoms with Gasteiger partial charge in [0.25, 0.3) is 0 Å². The van der Waals surface area contributed by atoms with Crippen molar-refractivity contribution in [1.29, 1.82) is 0 Å². The van der Waals surface area contributed by atoms with Crippen molar-refractivity contribution in [2.75, 3.05) is 31.1 Å². The minimum Gasteiger partial charge on any atom is -0.345 e. The van der Waals surface area contributed by atoms with Crippen LogP contribution in [0.15, 0.2) is 30.3 Å². The molecule has 1 aromatic heterocycles. The standard InChI is InChI=1S/C23H27N3OS/c1-15-5-7-19(17(3)13-15)14-21(27)25-9-11-26(12-10-25)23-24-22-18(4)16(2)6-8-20(22)28-23/h5-8,13H,9-12,14H2,1-4H3. The number of aryl methyl sites for hydroxylation is 4. The highest BCUT2D eigenvalue weighted by molar-refractivity contribution is 7.22. The van der Waals surface area contributed by atoms with Gasteiger partial charge in [-0.15, -0.1) is 0 Å². The Morgan fingerprint density at radius 1 is 1.00 bits per heavy atom. The summed E-state index contributed by atoms with van der Waals surface area (Å²) in [6.45, 7) is 11.7. The molecular weight excluding hydrogens is 366 g/mol. The molecule has 0 atom stereocenters. The van der Waals surface area contributed by atoms with Crippen LogP contribution in [0.4, 0.5) is 5.13 Å².